The molecule has 23 heavy (non-hydrogen) atoms. The lowest BCUT2D eigenvalue weighted by Gasteiger charge is -2.33. The Labute approximate surface area is 141 Å². The van der Waals surface area contributed by atoms with Crippen LogP contribution < -0.4 is 0 Å². The van der Waals surface area contributed by atoms with Gasteiger partial charge in [0.25, 0.3) is 0 Å². The van der Waals surface area contributed by atoms with Crippen molar-refractivity contribution in [1.29, 1.82) is 0 Å². The van der Waals surface area contributed by atoms with Gasteiger partial charge in [-0.2, -0.15) is 0 Å². The number of allylic oxidation sites excluding steroid dienone is 8. The predicted molar refractivity (Wildman–Crippen MR) is 98.2 cm³/mol. The first-order valence-electron chi connectivity index (χ1n) is 8.39. The minimum absolute atomic E-state index is 0.617. The van der Waals surface area contributed by atoms with Crippen LogP contribution in [0.2, 0.25) is 0 Å². The lowest BCUT2D eigenvalue weighted by Crippen LogP contribution is -2.22. The topological polar surface area (TPSA) is 37.3 Å². The van der Waals surface area contributed by atoms with E-state index in [4.69, 9.17) is 5.11 Å². The SMILES string of the molecule is C=C(C)[C@@H]1CC[C@@H](C)C(/C=C/C(C)=C\C=C\C(C)=C\C(=O)O)C1. The minimum atomic E-state index is -0.911. The molecule has 0 bridgehead atoms. The Morgan fingerprint density at radius 3 is 2.43 bits per heavy atom. The Morgan fingerprint density at radius 1 is 1.13 bits per heavy atom. The highest BCUT2D eigenvalue weighted by Crippen LogP contribution is 2.37. The van der Waals surface area contributed by atoms with Crippen LogP contribution in [0, 0.1) is 17.8 Å². The van der Waals surface area contributed by atoms with Crippen LogP contribution in [0.5, 0.6) is 0 Å². The van der Waals surface area contributed by atoms with E-state index >= 15 is 0 Å². The zero-order chi connectivity index (χ0) is 17.4. The van der Waals surface area contributed by atoms with Crippen molar-refractivity contribution in [2.75, 3.05) is 0 Å². The molecule has 1 aliphatic rings. The van der Waals surface area contributed by atoms with Crippen LogP contribution in [-0.2, 0) is 4.79 Å². The maximum absolute atomic E-state index is 10.5. The zero-order valence-electron chi connectivity index (χ0n) is 14.9. The van der Waals surface area contributed by atoms with Gasteiger partial charge in [0.1, 0.15) is 0 Å². The summed E-state index contributed by atoms with van der Waals surface area (Å²) in [5, 5.41) is 8.66. The fourth-order valence-electron chi connectivity index (χ4n) is 3.00. The van der Waals surface area contributed by atoms with Crippen LogP contribution in [0.25, 0.3) is 0 Å². The molecule has 1 saturated carbocycles. The van der Waals surface area contributed by atoms with Gasteiger partial charge < -0.3 is 5.11 Å². The average molecular weight is 314 g/mol. The van der Waals surface area contributed by atoms with Crippen molar-refractivity contribution in [2.24, 2.45) is 17.8 Å². The molecule has 0 amide bonds. The highest BCUT2D eigenvalue weighted by Gasteiger charge is 2.26. The van der Waals surface area contributed by atoms with Crippen LogP contribution in [0.4, 0.5) is 0 Å². The van der Waals surface area contributed by atoms with Gasteiger partial charge in [0, 0.05) is 6.08 Å². The number of carboxylic acids is 1. The van der Waals surface area contributed by atoms with Crippen LogP contribution in [0.3, 0.4) is 0 Å². The summed E-state index contributed by atoms with van der Waals surface area (Å²) in [5.41, 5.74) is 3.22. The largest absolute Gasteiger partial charge is 0.478 e. The lowest BCUT2D eigenvalue weighted by molar-refractivity contribution is -0.131. The van der Waals surface area contributed by atoms with E-state index in [-0.39, 0.29) is 0 Å². The van der Waals surface area contributed by atoms with Crippen molar-refractivity contribution in [3.63, 3.8) is 0 Å². The van der Waals surface area contributed by atoms with Crippen LogP contribution in [0.1, 0.15) is 47.0 Å². The van der Waals surface area contributed by atoms with Crippen LogP contribution in [0.15, 0.2) is 59.8 Å². The van der Waals surface area contributed by atoms with E-state index < -0.39 is 5.97 Å². The number of hydrogen-bond donors (Lipinski definition) is 1. The fraction of sp³-hybridized carbons (Fsp3) is 0.476. The Balaban J connectivity index is 2.64. The smallest absolute Gasteiger partial charge is 0.328 e. The molecule has 2 nitrogen and oxygen atoms in total. The van der Waals surface area contributed by atoms with E-state index in [0.29, 0.717) is 11.8 Å². The summed E-state index contributed by atoms with van der Waals surface area (Å²) < 4.78 is 0. The van der Waals surface area contributed by atoms with Gasteiger partial charge in [-0.1, -0.05) is 55.0 Å². The molecule has 0 aromatic carbocycles. The molecule has 0 aromatic heterocycles. The number of carbonyl (C=O) groups is 1. The van der Waals surface area contributed by atoms with Gasteiger partial charge in [-0.15, -0.1) is 0 Å². The van der Waals surface area contributed by atoms with Gasteiger partial charge in [-0.3, -0.25) is 0 Å². The van der Waals surface area contributed by atoms with Crippen LogP contribution in [-0.4, -0.2) is 11.1 Å². The van der Waals surface area contributed by atoms with Gasteiger partial charge in [0.05, 0.1) is 0 Å². The Morgan fingerprint density at radius 2 is 1.83 bits per heavy atom. The Hall–Kier alpha value is -1.83. The van der Waals surface area contributed by atoms with Crippen molar-refractivity contribution in [1.82, 2.24) is 0 Å². The molecule has 0 spiro atoms. The summed E-state index contributed by atoms with van der Waals surface area (Å²) in [5.74, 6) is 1.09. The second kappa shape index (κ2) is 9.34. The molecule has 1 N–H and O–H groups in total. The quantitative estimate of drug-likeness (QED) is 0.387. The van der Waals surface area contributed by atoms with Crippen molar-refractivity contribution < 1.29 is 9.90 Å². The maximum Gasteiger partial charge on any atom is 0.328 e. The lowest BCUT2D eigenvalue weighted by atomic mass is 9.72. The molecule has 1 fully saturated rings. The first kappa shape index (κ1) is 19.2. The summed E-state index contributed by atoms with van der Waals surface area (Å²) in [6.07, 6.45) is 15.2. The molecule has 0 heterocycles. The first-order chi connectivity index (χ1) is 10.8. The maximum atomic E-state index is 10.5. The minimum Gasteiger partial charge on any atom is -0.478 e. The second-order valence-corrected chi connectivity index (χ2v) is 6.85. The summed E-state index contributed by atoms with van der Waals surface area (Å²) >= 11 is 0. The molecule has 1 unspecified atom stereocenters. The van der Waals surface area contributed by atoms with Gasteiger partial charge in [-0.25, -0.2) is 4.79 Å². The monoisotopic (exact) mass is 314 g/mol. The third kappa shape index (κ3) is 7.32. The predicted octanol–water partition coefficient (Wildman–Crippen LogP) is 5.70. The molecule has 3 atom stereocenters. The van der Waals surface area contributed by atoms with Crippen LogP contribution >= 0.6 is 0 Å². The molecule has 1 rings (SSSR count). The molecule has 2 heteroatoms. The van der Waals surface area contributed by atoms with E-state index in [1.54, 1.807) is 6.92 Å². The first-order valence-corrected chi connectivity index (χ1v) is 8.39. The normalized spacial score (nSPS) is 26.9. The van der Waals surface area contributed by atoms with Crippen molar-refractivity contribution in [3.8, 4) is 0 Å². The third-order valence-electron chi connectivity index (χ3n) is 4.63. The molecule has 126 valence electrons. The Kier molecular flexibility index (Phi) is 7.80. The molecule has 0 aliphatic heterocycles. The van der Waals surface area contributed by atoms with E-state index in [1.165, 1.54) is 36.5 Å². The summed E-state index contributed by atoms with van der Waals surface area (Å²) in [6, 6.07) is 0. The van der Waals surface area contributed by atoms with Gasteiger partial charge >= 0.3 is 5.97 Å². The summed E-state index contributed by atoms with van der Waals surface area (Å²) in [7, 11) is 0. The third-order valence-corrected chi connectivity index (χ3v) is 4.63. The molecule has 0 radical (unpaired) electrons. The summed E-state index contributed by atoms with van der Waals surface area (Å²) in [4.78, 5) is 10.5. The van der Waals surface area contributed by atoms with Crippen molar-refractivity contribution >= 4 is 5.97 Å². The molecule has 1 aliphatic carbocycles. The molecular weight excluding hydrogens is 284 g/mol. The van der Waals surface area contributed by atoms with Gasteiger partial charge in [0.2, 0.25) is 0 Å². The highest BCUT2D eigenvalue weighted by molar-refractivity contribution is 5.81. The highest BCUT2D eigenvalue weighted by atomic mass is 16.4. The summed E-state index contributed by atoms with van der Waals surface area (Å²) in [6.45, 7) is 12.5. The fourth-order valence-corrected chi connectivity index (χ4v) is 3.00. The second-order valence-electron chi connectivity index (χ2n) is 6.85. The van der Waals surface area contributed by atoms with Gasteiger partial charge in [-0.05, 0) is 63.4 Å². The number of hydrogen-bond acceptors (Lipinski definition) is 1. The van der Waals surface area contributed by atoms with E-state index in [1.807, 2.05) is 18.2 Å². The Bertz CT molecular complexity index is 546. The van der Waals surface area contributed by atoms with E-state index in [0.717, 1.165) is 11.5 Å². The zero-order valence-corrected chi connectivity index (χ0v) is 14.9. The van der Waals surface area contributed by atoms with E-state index in [2.05, 4.69) is 39.5 Å². The van der Waals surface area contributed by atoms with Crippen molar-refractivity contribution in [2.45, 2.75) is 47.0 Å². The standard InChI is InChI=1S/C21H30O2/c1-15(2)19-12-10-18(5)20(14-19)11-9-16(3)7-6-8-17(4)13-21(22)23/h6-9,11,13,18-20H,1,10,12,14H2,2-5H3,(H,22,23)/b8-6+,11-9+,16-7-,17-13+/t18-,19-,20?/m1/s1. The number of aliphatic carboxylic acids is 1. The average Bonchev–Trinajstić information content (AvgIpc) is 2.45. The van der Waals surface area contributed by atoms with Crippen molar-refractivity contribution in [3.05, 3.63) is 59.8 Å². The molecule has 0 aromatic rings. The number of rotatable bonds is 6. The number of carboxylic acid groups (broad SMARTS) is 1. The molecule has 0 saturated heterocycles. The van der Waals surface area contributed by atoms with Gasteiger partial charge in [0.15, 0.2) is 0 Å². The van der Waals surface area contributed by atoms with E-state index in [9.17, 15) is 4.79 Å². The molecular formula is C21H30O2.